The highest BCUT2D eigenvalue weighted by atomic mass is 32.2. The van der Waals surface area contributed by atoms with Crippen LogP contribution in [0.5, 0.6) is 0 Å². The van der Waals surface area contributed by atoms with Gasteiger partial charge >= 0.3 is 0 Å². The number of ketones is 1. The zero-order valence-electron chi connectivity index (χ0n) is 10.8. The first-order chi connectivity index (χ1) is 9.75. The number of nitrogens with one attached hydrogen (secondary N) is 1. The van der Waals surface area contributed by atoms with Crippen molar-refractivity contribution < 1.29 is 9.18 Å². The number of thioether (sulfide) groups is 1. The number of benzene rings is 2. The predicted molar refractivity (Wildman–Crippen MR) is 79.3 cm³/mol. The molecule has 2 atom stereocenters. The van der Waals surface area contributed by atoms with E-state index in [0.717, 1.165) is 5.56 Å². The normalized spacial score (nSPS) is 21.9. The molecule has 1 heterocycles. The average molecular weight is 287 g/mol. The van der Waals surface area contributed by atoms with E-state index in [1.165, 1.54) is 6.07 Å². The zero-order valence-corrected chi connectivity index (χ0v) is 11.6. The van der Waals surface area contributed by atoms with Gasteiger partial charge in [-0.25, -0.2) is 4.39 Å². The number of halogens is 1. The summed E-state index contributed by atoms with van der Waals surface area (Å²) in [5.41, 5.74) is 1.31. The fourth-order valence-electron chi connectivity index (χ4n) is 2.29. The molecule has 2 nitrogen and oxygen atoms in total. The van der Waals surface area contributed by atoms with E-state index < -0.39 is 5.82 Å². The molecular weight excluding hydrogens is 273 g/mol. The molecule has 0 bridgehead atoms. The lowest BCUT2D eigenvalue weighted by Gasteiger charge is -2.13. The third-order valence-corrected chi connectivity index (χ3v) is 4.61. The second kappa shape index (κ2) is 5.77. The van der Waals surface area contributed by atoms with E-state index in [-0.39, 0.29) is 22.8 Å². The molecule has 0 aliphatic carbocycles. The van der Waals surface area contributed by atoms with Gasteiger partial charge in [0.05, 0.1) is 17.0 Å². The maximum atomic E-state index is 13.7. The Bertz CT molecular complexity index is 617. The molecule has 1 N–H and O–H groups in total. The Morgan fingerprint density at radius 1 is 1.10 bits per heavy atom. The number of carbonyl (C=O) groups excluding carboxylic acids is 1. The summed E-state index contributed by atoms with van der Waals surface area (Å²) in [5, 5.41) is 3.37. The summed E-state index contributed by atoms with van der Waals surface area (Å²) in [4.78, 5) is 12.3. The Labute approximate surface area is 121 Å². The van der Waals surface area contributed by atoms with E-state index in [9.17, 15) is 9.18 Å². The molecule has 3 rings (SSSR count). The first-order valence-electron chi connectivity index (χ1n) is 6.47. The van der Waals surface area contributed by atoms with Gasteiger partial charge in [-0.3, -0.25) is 10.1 Å². The molecule has 1 fully saturated rings. The molecule has 0 aromatic heterocycles. The second-order valence-electron chi connectivity index (χ2n) is 4.69. The largest absolute Gasteiger partial charge is 0.292 e. The lowest BCUT2D eigenvalue weighted by Crippen LogP contribution is -2.34. The van der Waals surface area contributed by atoms with Gasteiger partial charge in [0.25, 0.3) is 0 Å². The Morgan fingerprint density at radius 3 is 2.55 bits per heavy atom. The van der Waals surface area contributed by atoms with E-state index in [1.807, 2.05) is 30.3 Å². The minimum atomic E-state index is -0.451. The minimum Gasteiger partial charge on any atom is -0.292 e. The third kappa shape index (κ3) is 2.62. The first-order valence-corrected chi connectivity index (χ1v) is 7.52. The molecule has 4 heteroatoms. The average Bonchev–Trinajstić information content (AvgIpc) is 2.98. The number of carbonyl (C=O) groups is 1. The quantitative estimate of drug-likeness (QED) is 0.877. The van der Waals surface area contributed by atoms with Crippen molar-refractivity contribution in [3.8, 4) is 0 Å². The highest BCUT2D eigenvalue weighted by molar-refractivity contribution is 7.99. The SMILES string of the molecule is O=C(c1ccccc1F)C1CSC(c2ccccc2)N1. The van der Waals surface area contributed by atoms with Crippen molar-refractivity contribution in [2.75, 3.05) is 5.75 Å². The van der Waals surface area contributed by atoms with Crippen LogP contribution in [0, 0.1) is 5.82 Å². The Balaban J connectivity index is 1.75. The highest BCUT2D eigenvalue weighted by Crippen LogP contribution is 2.33. The van der Waals surface area contributed by atoms with Crippen molar-refractivity contribution in [3.63, 3.8) is 0 Å². The molecular formula is C16H14FNOS. The van der Waals surface area contributed by atoms with Crippen molar-refractivity contribution in [1.82, 2.24) is 5.32 Å². The van der Waals surface area contributed by atoms with Crippen LogP contribution in [-0.2, 0) is 0 Å². The van der Waals surface area contributed by atoms with Gasteiger partial charge in [-0.1, -0.05) is 42.5 Å². The van der Waals surface area contributed by atoms with Gasteiger partial charge in [0.2, 0.25) is 0 Å². The van der Waals surface area contributed by atoms with Crippen LogP contribution < -0.4 is 5.32 Å². The molecule has 0 amide bonds. The third-order valence-electron chi connectivity index (χ3n) is 3.34. The predicted octanol–water partition coefficient (Wildman–Crippen LogP) is 3.41. The molecule has 1 aliphatic rings. The van der Waals surface area contributed by atoms with E-state index >= 15 is 0 Å². The second-order valence-corrected chi connectivity index (χ2v) is 5.83. The maximum Gasteiger partial charge on any atom is 0.183 e. The number of hydrogen-bond acceptors (Lipinski definition) is 3. The fraction of sp³-hybridized carbons (Fsp3) is 0.188. The monoisotopic (exact) mass is 287 g/mol. The molecule has 0 saturated carbocycles. The van der Waals surface area contributed by atoms with Crippen LogP contribution >= 0.6 is 11.8 Å². The molecule has 20 heavy (non-hydrogen) atoms. The van der Waals surface area contributed by atoms with E-state index in [2.05, 4.69) is 5.32 Å². The van der Waals surface area contributed by atoms with Crippen LogP contribution in [0.25, 0.3) is 0 Å². The van der Waals surface area contributed by atoms with Crippen LogP contribution in [0.1, 0.15) is 21.3 Å². The van der Waals surface area contributed by atoms with Crippen molar-refractivity contribution in [2.45, 2.75) is 11.4 Å². The van der Waals surface area contributed by atoms with Gasteiger partial charge in [-0.05, 0) is 17.7 Å². The fourth-order valence-corrected chi connectivity index (χ4v) is 3.53. The van der Waals surface area contributed by atoms with Crippen molar-refractivity contribution in [1.29, 1.82) is 0 Å². The van der Waals surface area contributed by atoms with Crippen molar-refractivity contribution in [2.24, 2.45) is 0 Å². The Morgan fingerprint density at radius 2 is 1.80 bits per heavy atom. The lowest BCUT2D eigenvalue weighted by atomic mass is 10.0. The molecule has 2 unspecified atom stereocenters. The molecule has 102 valence electrons. The molecule has 0 spiro atoms. The van der Waals surface area contributed by atoms with Gasteiger partial charge in [-0.15, -0.1) is 11.8 Å². The van der Waals surface area contributed by atoms with Crippen LogP contribution in [0.4, 0.5) is 4.39 Å². The number of rotatable bonds is 3. The van der Waals surface area contributed by atoms with E-state index in [0.29, 0.717) is 5.75 Å². The number of hydrogen-bond donors (Lipinski definition) is 1. The van der Waals surface area contributed by atoms with E-state index in [1.54, 1.807) is 30.0 Å². The van der Waals surface area contributed by atoms with Gasteiger partial charge < -0.3 is 0 Å². The van der Waals surface area contributed by atoms with Gasteiger partial charge in [-0.2, -0.15) is 0 Å². The zero-order chi connectivity index (χ0) is 13.9. The van der Waals surface area contributed by atoms with Gasteiger partial charge in [0, 0.05) is 5.75 Å². The molecule has 2 aromatic carbocycles. The smallest absolute Gasteiger partial charge is 0.183 e. The summed E-state index contributed by atoms with van der Waals surface area (Å²) in [7, 11) is 0. The van der Waals surface area contributed by atoms with E-state index in [4.69, 9.17) is 0 Å². The van der Waals surface area contributed by atoms with Gasteiger partial charge in [0.15, 0.2) is 5.78 Å². The number of Topliss-reactive ketones (excluding diaryl/α,β-unsaturated/α-hetero) is 1. The highest BCUT2D eigenvalue weighted by Gasteiger charge is 2.31. The molecule has 1 saturated heterocycles. The van der Waals surface area contributed by atoms with Gasteiger partial charge in [0.1, 0.15) is 5.82 Å². The summed E-state index contributed by atoms with van der Waals surface area (Å²) in [6.07, 6.45) is 0. The van der Waals surface area contributed by atoms with Crippen LogP contribution in [0.2, 0.25) is 0 Å². The summed E-state index contributed by atoms with van der Waals surface area (Å²) in [5.74, 6) is 0.0358. The standard InChI is InChI=1S/C16H14FNOS/c17-13-9-5-4-8-12(13)15(19)14-10-20-16(18-14)11-6-2-1-3-7-11/h1-9,14,16,18H,10H2. The first kappa shape index (κ1) is 13.3. The van der Waals surface area contributed by atoms with Crippen LogP contribution in [-0.4, -0.2) is 17.6 Å². The molecule has 0 radical (unpaired) electrons. The minimum absolute atomic E-state index is 0.0944. The van der Waals surface area contributed by atoms with Crippen molar-refractivity contribution in [3.05, 3.63) is 71.5 Å². The topological polar surface area (TPSA) is 29.1 Å². The maximum absolute atomic E-state index is 13.7. The molecule has 2 aromatic rings. The van der Waals surface area contributed by atoms with Crippen LogP contribution in [0.3, 0.4) is 0 Å². The van der Waals surface area contributed by atoms with Crippen LogP contribution in [0.15, 0.2) is 54.6 Å². The molecule has 1 aliphatic heterocycles. The summed E-state index contributed by atoms with van der Waals surface area (Å²) in [6.45, 7) is 0. The summed E-state index contributed by atoms with van der Waals surface area (Å²) >= 11 is 1.68. The summed E-state index contributed by atoms with van der Waals surface area (Å²) < 4.78 is 13.7. The lowest BCUT2D eigenvalue weighted by molar-refractivity contribution is 0.0951. The Hall–Kier alpha value is -1.65. The summed E-state index contributed by atoms with van der Waals surface area (Å²) in [6, 6.07) is 15.8. The Kier molecular flexibility index (Phi) is 3.85. The van der Waals surface area contributed by atoms with Crippen molar-refractivity contribution >= 4 is 17.5 Å².